The van der Waals surface area contributed by atoms with E-state index in [1.54, 1.807) is 24.3 Å². The number of aromatic carboxylic acids is 1. The lowest BCUT2D eigenvalue weighted by Crippen LogP contribution is -2.15. The highest BCUT2D eigenvalue weighted by molar-refractivity contribution is 9.10. The van der Waals surface area contributed by atoms with E-state index in [9.17, 15) is 14.7 Å². The highest BCUT2D eigenvalue weighted by atomic mass is 79.9. The molecule has 21 heavy (non-hydrogen) atoms. The van der Waals surface area contributed by atoms with E-state index in [2.05, 4.69) is 21.2 Å². The molecular formula is C14H8BrCl2NO3. The third kappa shape index (κ3) is 3.56. The fraction of sp³-hybridized carbons (Fsp3) is 0. The molecule has 0 bridgehead atoms. The van der Waals surface area contributed by atoms with Crippen LogP contribution in [-0.4, -0.2) is 17.0 Å². The molecule has 2 aromatic carbocycles. The van der Waals surface area contributed by atoms with Crippen LogP contribution in [0.15, 0.2) is 40.9 Å². The SMILES string of the molecule is O=C(Nc1c(Cl)ccc(Cl)c1C(=O)O)c1ccc(Br)cc1. The third-order valence-electron chi connectivity index (χ3n) is 2.66. The number of carbonyl (C=O) groups is 2. The molecular weight excluding hydrogens is 381 g/mol. The summed E-state index contributed by atoms with van der Waals surface area (Å²) in [6, 6.07) is 9.38. The molecule has 108 valence electrons. The lowest BCUT2D eigenvalue weighted by atomic mass is 10.1. The average Bonchev–Trinajstić information content (AvgIpc) is 2.43. The van der Waals surface area contributed by atoms with Gasteiger partial charge in [-0.15, -0.1) is 0 Å². The molecule has 2 rings (SSSR count). The smallest absolute Gasteiger partial charge is 0.339 e. The minimum absolute atomic E-state index is 0.00185. The molecule has 0 aliphatic heterocycles. The summed E-state index contributed by atoms with van der Waals surface area (Å²) in [7, 11) is 0. The summed E-state index contributed by atoms with van der Waals surface area (Å²) in [4.78, 5) is 23.4. The summed E-state index contributed by atoms with van der Waals surface area (Å²) < 4.78 is 0.825. The van der Waals surface area contributed by atoms with Crippen molar-refractivity contribution in [2.75, 3.05) is 5.32 Å². The molecule has 0 aliphatic rings. The predicted molar refractivity (Wildman–Crippen MR) is 85.5 cm³/mol. The summed E-state index contributed by atoms with van der Waals surface area (Å²) in [5.74, 6) is -1.75. The average molecular weight is 389 g/mol. The predicted octanol–water partition coefficient (Wildman–Crippen LogP) is 4.71. The molecule has 0 spiro atoms. The van der Waals surface area contributed by atoms with Gasteiger partial charge in [-0.1, -0.05) is 39.1 Å². The Bertz CT molecular complexity index is 717. The van der Waals surface area contributed by atoms with Gasteiger partial charge in [0.2, 0.25) is 0 Å². The lowest BCUT2D eigenvalue weighted by Gasteiger charge is -2.12. The number of amides is 1. The van der Waals surface area contributed by atoms with E-state index >= 15 is 0 Å². The van der Waals surface area contributed by atoms with Gasteiger partial charge in [0.05, 0.1) is 15.7 Å². The van der Waals surface area contributed by atoms with Gasteiger partial charge in [-0.2, -0.15) is 0 Å². The Hall–Kier alpha value is -1.56. The maximum atomic E-state index is 12.1. The van der Waals surface area contributed by atoms with Crippen LogP contribution in [0, 0.1) is 0 Å². The largest absolute Gasteiger partial charge is 0.478 e. The minimum atomic E-state index is -1.27. The zero-order valence-corrected chi connectivity index (χ0v) is 13.5. The summed E-state index contributed by atoms with van der Waals surface area (Å²) >= 11 is 15.1. The normalized spacial score (nSPS) is 10.2. The van der Waals surface area contributed by atoms with Gasteiger partial charge < -0.3 is 10.4 Å². The molecule has 0 heterocycles. The van der Waals surface area contributed by atoms with E-state index in [-0.39, 0.29) is 21.3 Å². The summed E-state index contributed by atoms with van der Waals surface area (Å²) in [5.41, 5.74) is 0.102. The number of carboxylic acid groups (broad SMARTS) is 1. The van der Waals surface area contributed by atoms with Crippen LogP contribution in [0.3, 0.4) is 0 Å². The molecule has 4 nitrogen and oxygen atoms in total. The van der Waals surface area contributed by atoms with Crippen LogP contribution >= 0.6 is 39.1 Å². The van der Waals surface area contributed by atoms with Gasteiger partial charge in [-0.25, -0.2) is 4.79 Å². The van der Waals surface area contributed by atoms with Crippen molar-refractivity contribution in [2.45, 2.75) is 0 Å². The van der Waals surface area contributed by atoms with Crippen LogP contribution < -0.4 is 5.32 Å². The standard InChI is InChI=1S/C14H8BrCl2NO3/c15-8-3-1-7(2-4-8)13(19)18-12-10(17)6-5-9(16)11(12)14(20)21/h1-6H,(H,18,19)(H,20,21). The molecule has 2 N–H and O–H groups in total. The zero-order valence-electron chi connectivity index (χ0n) is 10.4. The summed E-state index contributed by atoms with van der Waals surface area (Å²) in [5, 5.41) is 11.8. The van der Waals surface area contributed by atoms with Crippen LogP contribution in [-0.2, 0) is 0 Å². The van der Waals surface area contributed by atoms with Crippen LogP contribution in [0.1, 0.15) is 20.7 Å². The third-order valence-corrected chi connectivity index (χ3v) is 3.82. The second-order valence-electron chi connectivity index (χ2n) is 4.05. The number of hydrogen-bond acceptors (Lipinski definition) is 2. The van der Waals surface area contributed by atoms with Crippen LogP contribution in [0.25, 0.3) is 0 Å². The molecule has 0 atom stereocenters. The Morgan fingerprint density at radius 2 is 1.57 bits per heavy atom. The van der Waals surface area contributed by atoms with Crippen molar-refractivity contribution in [3.8, 4) is 0 Å². The number of nitrogens with one attached hydrogen (secondary N) is 1. The molecule has 0 saturated carbocycles. The van der Waals surface area contributed by atoms with Crippen LogP contribution in [0.4, 0.5) is 5.69 Å². The highest BCUT2D eigenvalue weighted by Gasteiger charge is 2.20. The molecule has 7 heteroatoms. The Kier molecular flexibility index (Phi) is 4.88. The van der Waals surface area contributed by atoms with E-state index < -0.39 is 11.9 Å². The van der Waals surface area contributed by atoms with Gasteiger partial charge in [0, 0.05) is 10.0 Å². The van der Waals surface area contributed by atoms with E-state index in [1.165, 1.54) is 12.1 Å². The molecule has 0 aliphatic carbocycles. The quantitative estimate of drug-likeness (QED) is 0.800. The first-order valence-corrected chi connectivity index (χ1v) is 7.23. The zero-order chi connectivity index (χ0) is 15.6. The number of carboxylic acids is 1. The van der Waals surface area contributed by atoms with Gasteiger partial charge in [0.25, 0.3) is 5.91 Å². The van der Waals surface area contributed by atoms with Gasteiger partial charge in [-0.3, -0.25) is 4.79 Å². The highest BCUT2D eigenvalue weighted by Crippen LogP contribution is 2.32. The van der Waals surface area contributed by atoms with Crippen molar-refractivity contribution in [1.82, 2.24) is 0 Å². The summed E-state index contributed by atoms with van der Waals surface area (Å²) in [6.45, 7) is 0. The van der Waals surface area contributed by atoms with E-state index in [0.29, 0.717) is 5.56 Å². The number of hydrogen-bond donors (Lipinski definition) is 2. The van der Waals surface area contributed by atoms with Crippen LogP contribution in [0.5, 0.6) is 0 Å². The Balaban J connectivity index is 2.39. The second kappa shape index (κ2) is 6.47. The van der Waals surface area contributed by atoms with Crippen molar-refractivity contribution in [3.63, 3.8) is 0 Å². The van der Waals surface area contributed by atoms with Crippen molar-refractivity contribution in [3.05, 3.63) is 62.0 Å². The fourth-order valence-corrected chi connectivity index (χ4v) is 2.38. The Morgan fingerprint density at radius 1 is 1.00 bits per heavy atom. The minimum Gasteiger partial charge on any atom is -0.478 e. The molecule has 2 aromatic rings. The number of benzene rings is 2. The van der Waals surface area contributed by atoms with E-state index in [4.69, 9.17) is 23.2 Å². The van der Waals surface area contributed by atoms with Crippen molar-refractivity contribution in [2.24, 2.45) is 0 Å². The molecule has 0 unspecified atom stereocenters. The van der Waals surface area contributed by atoms with E-state index in [0.717, 1.165) is 4.47 Å². The second-order valence-corrected chi connectivity index (χ2v) is 5.78. The Morgan fingerprint density at radius 3 is 2.14 bits per heavy atom. The number of anilines is 1. The number of rotatable bonds is 3. The molecule has 0 saturated heterocycles. The van der Waals surface area contributed by atoms with E-state index in [1.807, 2.05) is 0 Å². The number of halogens is 3. The monoisotopic (exact) mass is 387 g/mol. The maximum Gasteiger partial charge on any atom is 0.339 e. The summed E-state index contributed by atoms with van der Waals surface area (Å²) in [6.07, 6.45) is 0. The first kappa shape index (κ1) is 15.8. The molecule has 0 radical (unpaired) electrons. The first-order chi connectivity index (χ1) is 9.90. The van der Waals surface area contributed by atoms with Crippen molar-refractivity contribution in [1.29, 1.82) is 0 Å². The Labute approximate surface area is 138 Å². The van der Waals surface area contributed by atoms with Crippen LogP contribution in [0.2, 0.25) is 10.0 Å². The molecule has 1 amide bonds. The molecule has 0 aromatic heterocycles. The maximum absolute atomic E-state index is 12.1. The van der Waals surface area contributed by atoms with Gasteiger partial charge >= 0.3 is 5.97 Å². The van der Waals surface area contributed by atoms with Gasteiger partial charge in [-0.05, 0) is 36.4 Å². The fourth-order valence-electron chi connectivity index (χ4n) is 1.67. The lowest BCUT2D eigenvalue weighted by molar-refractivity contribution is 0.0698. The van der Waals surface area contributed by atoms with Crippen molar-refractivity contribution < 1.29 is 14.7 Å². The van der Waals surface area contributed by atoms with Gasteiger partial charge in [0.1, 0.15) is 5.56 Å². The first-order valence-electron chi connectivity index (χ1n) is 5.68. The van der Waals surface area contributed by atoms with Crippen molar-refractivity contribution >= 4 is 56.7 Å². The number of carbonyl (C=O) groups excluding carboxylic acids is 1. The van der Waals surface area contributed by atoms with Gasteiger partial charge in [0.15, 0.2) is 0 Å². The molecule has 0 fully saturated rings. The topological polar surface area (TPSA) is 66.4 Å².